The SMILES string of the molecule is CCC(CC)n1cc(C(C)C)c2cc(-n3nc(CO)n(CC)c3=O)c(F)cc2c1=O. The van der Waals surface area contributed by atoms with Crippen LogP contribution in [0.15, 0.2) is 27.9 Å². The van der Waals surface area contributed by atoms with Crippen LogP contribution in [-0.2, 0) is 13.2 Å². The van der Waals surface area contributed by atoms with Gasteiger partial charge in [0.15, 0.2) is 5.82 Å². The molecule has 7 nitrogen and oxygen atoms in total. The van der Waals surface area contributed by atoms with Gasteiger partial charge in [0.2, 0.25) is 0 Å². The molecule has 0 aliphatic heterocycles. The first-order valence-electron chi connectivity index (χ1n) is 10.5. The molecule has 0 fully saturated rings. The Morgan fingerprint density at radius 1 is 1.10 bits per heavy atom. The Morgan fingerprint density at radius 2 is 1.77 bits per heavy atom. The van der Waals surface area contributed by atoms with Crippen molar-refractivity contribution in [2.45, 2.75) is 72.6 Å². The van der Waals surface area contributed by atoms with E-state index in [0.717, 1.165) is 23.1 Å². The molecule has 162 valence electrons. The van der Waals surface area contributed by atoms with Gasteiger partial charge in [-0.05, 0) is 48.8 Å². The molecule has 3 aromatic rings. The summed E-state index contributed by atoms with van der Waals surface area (Å²) in [6, 6.07) is 2.76. The van der Waals surface area contributed by atoms with Gasteiger partial charge in [-0.15, -0.1) is 5.10 Å². The van der Waals surface area contributed by atoms with E-state index in [2.05, 4.69) is 5.10 Å². The number of pyridine rings is 1. The zero-order valence-electron chi connectivity index (χ0n) is 18.1. The fraction of sp³-hybridized carbons (Fsp3) is 0.500. The van der Waals surface area contributed by atoms with Gasteiger partial charge in [0, 0.05) is 18.8 Å². The zero-order chi connectivity index (χ0) is 22.2. The summed E-state index contributed by atoms with van der Waals surface area (Å²) in [5, 5.41) is 14.5. The van der Waals surface area contributed by atoms with Gasteiger partial charge in [-0.3, -0.25) is 9.36 Å². The predicted octanol–water partition coefficient (Wildman–Crippen LogP) is 3.48. The number of aliphatic hydroxyl groups excluding tert-OH is 1. The molecule has 0 unspecified atom stereocenters. The molecule has 0 spiro atoms. The summed E-state index contributed by atoms with van der Waals surface area (Å²) in [5.74, 6) is -0.455. The van der Waals surface area contributed by atoms with Crippen molar-refractivity contribution in [1.29, 1.82) is 0 Å². The number of rotatable bonds is 7. The highest BCUT2D eigenvalue weighted by Crippen LogP contribution is 2.28. The van der Waals surface area contributed by atoms with Crippen LogP contribution in [0.5, 0.6) is 0 Å². The van der Waals surface area contributed by atoms with Crippen LogP contribution in [0.25, 0.3) is 16.5 Å². The van der Waals surface area contributed by atoms with Crippen LogP contribution in [0.4, 0.5) is 4.39 Å². The van der Waals surface area contributed by atoms with Crippen molar-refractivity contribution in [3.8, 4) is 5.69 Å². The number of benzene rings is 1. The molecule has 0 aliphatic rings. The smallest absolute Gasteiger partial charge is 0.350 e. The monoisotopic (exact) mass is 416 g/mol. The second-order valence-corrected chi connectivity index (χ2v) is 7.78. The molecular formula is C22H29FN4O3. The number of aliphatic hydroxyl groups is 1. The highest BCUT2D eigenvalue weighted by molar-refractivity contribution is 5.87. The molecule has 0 saturated carbocycles. The predicted molar refractivity (Wildman–Crippen MR) is 115 cm³/mol. The summed E-state index contributed by atoms with van der Waals surface area (Å²) in [6.07, 6.45) is 3.46. The van der Waals surface area contributed by atoms with E-state index in [4.69, 9.17) is 0 Å². The third-order valence-corrected chi connectivity index (χ3v) is 5.72. The minimum absolute atomic E-state index is 0.0315. The van der Waals surface area contributed by atoms with Crippen molar-refractivity contribution < 1.29 is 9.50 Å². The number of hydrogen-bond donors (Lipinski definition) is 1. The van der Waals surface area contributed by atoms with Crippen LogP contribution < -0.4 is 11.2 Å². The molecule has 0 amide bonds. The van der Waals surface area contributed by atoms with Crippen LogP contribution in [0, 0.1) is 5.82 Å². The summed E-state index contributed by atoms with van der Waals surface area (Å²) < 4.78 is 19.1. The average Bonchev–Trinajstić information content (AvgIpc) is 3.05. The highest BCUT2D eigenvalue weighted by Gasteiger charge is 2.21. The van der Waals surface area contributed by atoms with Crippen molar-refractivity contribution in [2.75, 3.05) is 0 Å². The Morgan fingerprint density at radius 3 is 2.27 bits per heavy atom. The van der Waals surface area contributed by atoms with Crippen LogP contribution >= 0.6 is 0 Å². The Labute approximate surface area is 174 Å². The van der Waals surface area contributed by atoms with Gasteiger partial charge < -0.3 is 9.67 Å². The fourth-order valence-corrected chi connectivity index (χ4v) is 4.00. The van der Waals surface area contributed by atoms with Gasteiger partial charge in [-0.2, -0.15) is 4.68 Å². The maximum atomic E-state index is 15.1. The molecule has 3 rings (SSSR count). The Kier molecular flexibility index (Phi) is 6.26. The van der Waals surface area contributed by atoms with Crippen LogP contribution in [0.2, 0.25) is 0 Å². The molecule has 1 aromatic carbocycles. The first kappa shape index (κ1) is 22.0. The largest absolute Gasteiger partial charge is 0.388 e. The van der Waals surface area contributed by atoms with Crippen LogP contribution in [0.1, 0.15) is 70.8 Å². The van der Waals surface area contributed by atoms with Gasteiger partial charge in [-0.25, -0.2) is 9.18 Å². The van der Waals surface area contributed by atoms with Gasteiger partial charge in [0.05, 0.1) is 5.39 Å². The van der Waals surface area contributed by atoms with E-state index in [-0.39, 0.29) is 29.0 Å². The Balaban J connectivity index is 2.37. The molecule has 0 bridgehead atoms. The van der Waals surface area contributed by atoms with E-state index in [9.17, 15) is 14.7 Å². The minimum atomic E-state index is -0.705. The topological polar surface area (TPSA) is 82.1 Å². The maximum Gasteiger partial charge on any atom is 0.350 e. The quantitative estimate of drug-likeness (QED) is 0.639. The number of hydrogen-bond acceptors (Lipinski definition) is 4. The third kappa shape index (κ3) is 3.49. The molecular weight excluding hydrogens is 387 g/mol. The second kappa shape index (κ2) is 8.55. The van der Waals surface area contributed by atoms with Gasteiger partial charge in [0.25, 0.3) is 5.56 Å². The Hall–Kier alpha value is -2.74. The normalized spacial score (nSPS) is 11.9. The summed E-state index contributed by atoms with van der Waals surface area (Å²) in [6.45, 7) is 9.71. The molecule has 0 atom stereocenters. The van der Waals surface area contributed by atoms with Crippen molar-refractivity contribution >= 4 is 10.8 Å². The lowest BCUT2D eigenvalue weighted by Crippen LogP contribution is -2.26. The first-order valence-corrected chi connectivity index (χ1v) is 10.5. The zero-order valence-corrected chi connectivity index (χ0v) is 18.1. The van der Waals surface area contributed by atoms with Crippen molar-refractivity contribution in [3.63, 3.8) is 0 Å². The molecule has 0 saturated heterocycles. The molecule has 30 heavy (non-hydrogen) atoms. The lowest BCUT2D eigenvalue weighted by molar-refractivity contribution is 0.264. The van der Waals surface area contributed by atoms with Crippen LogP contribution in [0.3, 0.4) is 0 Å². The molecule has 2 aromatic heterocycles. The average molecular weight is 416 g/mol. The number of halogens is 1. The number of nitrogens with zero attached hydrogens (tertiary/aromatic N) is 4. The van der Waals surface area contributed by atoms with E-state index in [1.807, 2.05) is 33.9 Å². The van der Waals surface area contributed by atoms with E-state index in [1.54, 1.807) is 11.5 Å². The Bertz CT molecular complexity index is 1190. The maximum absolute atomic E-state index is 15.1. The van der Waals surface area contributed by atoms with Gasteiger partial charge in [0.1, 0.15) is 18.1 Å². The lowest BCUT2D eigenvalue weighted by Gasteiger charge is -2.21. The second-order valence-electron chi connectivity index (χ2n) is 7.78. The molecule has 8 heteroatoms. The van der Waals surface area contributed by atoms with Gasteiger partial charge >= 0.3 is 5.69 Å². The van der Waals surface area contributed by atoms with E-state index >= 15 is 4.39 Å². The molecule has 1 N–H and O–H groups in total. The summed E-state index contributed by atoms with van der Waals surface area (Å²) in [4.78, 5) is 25.9. The van der Waals surface area contributed by atoms with Crippen molar-refractivity contribution in [1.82, 2.24) is 18.9 Å². The summed E-state index contributed by atoms with van der Waals surface area (Å²) in [7, 11) is 0. The highest BCUT2D eigenvalue weighted by atomic mass is 19.1. The minimum Gasteiger partial charge on any atom is -0.388 e. The number of aromatic nitrogens is 4. The fourth-order valence-electron chi connectivity index (χ4n) is 4.00. The lowest BCUT2D eigenvalue weighted by atomic mass is 9.97. The van der Waals surface area contributed by atoms with Gasteiger partial charge in [-0.1, -0.05) is 27.7 Å². The summed E-state index contributed by atoms with van der Waals surface area (Å²) >= 11 is 0. The molecule has 0 aliphatic carbocycles. The van der Waals surface area contributed by atoms with Crippen LogP contribution in [-0.4, -0.2) is 24.0 Å². The molecule has 0 radical (unpaired) electrons. The standard InChI is InChI=1S/C22H29FN4O3/c1-6-14(7-2)26-11-17(13(4)5)15-10-19(18(23)9-16(15)21(26)29)27-22(30)25(8-3)20(12-28)24-27/h9-11,13-14,28H,6-8,12H2,1-5H3. The van der Waals surface area contributed by atoms with Crippen molar-refractivity contribution in [2.24, 2.45) is 0 Å². The third-order valence-electron chi connectivity index (χ3n) is 5.72. The van der Waals surface area contributed by atoms with Crippen molar-refractivity contribution in [3.05, 3.63) is 56.4 Å². The number of fused-ring (bicyclic) bond motifs is 1. The van der Waals surface area contributed by atoms with E-state index in [0.29, 0.717) is 17.3 Å². The van der Waals surface area contributed by atoms with E-state index < -0.39 is 18.1 Å². The molecule has 2 heterocycles. The van der Waals surface area contributed by atoms with E-state index in [1.165, 1.54) is 16.7 Å². The first-order chi connectivity index (χ1) is 14.3. The summed E-state index contributed by atoms with van der Waals surface area (Å²) in [5.41, 5.74) is 0.103.